The van der Waals surface area contributed by atoms with E-state index in [1.165, 1.54) is 0 Å². The van der Waals surface area contributed by atoms with Gasteiger partial charge in [0.05, 0.1) is 0 Å². The Labute approximate surface area is 112 Å². The first kappa shape index (κ1) is 13.6. The van der Waals surface area contributed by atoms with E-state index < -0.39 is 6.04 Å². The molecule has 2 heterocycles. The van der Waals surface area contributed by atoms with Gasteiger partial charge in [-0.2, -0.15) is 0 Å². The number of hydrogen-bond acceptors (Lipinski definition) is 4. The smallest absolute Gasteiger partial charge is 0.276 e. The fourth-order valence-corrected chi connectivity index (χ4v) is 2.03. The summed E-state index contributed by atoms with van der Waals surface area (Å²) >= 11 is 0. The molecule has 0 aromatic carbocycles. The van der Waals surface area contributed by atoms with Gasteiger partial charge in [-0.1, -0.05) is 19.0 Å². The molecule has 0 aliphatic carbocycles. The van der Waals surface area contributed by atoms with Crippen LogP contribution in [0.1, 0.15) is 49.4 Å². The minimum Gasteiger partial charge on any atom is -0.360 e. The van der Waals surface area contributed by atoms with Gasteiger partial charge in [0.2, 0.25) is 5.91 Å². The lowest BCUT2D eigenvalue weighted by Crippen LogP contribution is -2.45. The number of aromatic nitrogens is 1. The fraction of sp³-hybridized carbons (Fsp3) is 0.615. The lowest BCUT2D eigenvalue weighted by atomic mass is 10.1. The molecule has 19 heavy (non-hydrogen) atoms. The van der Waals surface area contributed by atoms with Gasteiger partial charge in [-0.15, -0.1) is 0 Å². The van der Waals surface area contributed by atoms with Crippen LogP contribution in [0.15, 0.2) is 10.6 Å². The Morgan fingerprint density at radius 2 is 2.32 bits per heavy atom. The van der Waals surface area contributed by atoms with E-state index in [1.807, 2.05) is 13.8 Å². The van der Waals surface area contributed by atoms with Gasteiger partial charge in [0.25, 0.3) is 5.91 Å². The van der Waals surface area contributed by atoms with Crippen molar-refractivity contribution in [1.82, 2.24) is 15.4 Å². The molecule has 1 aliphatic heterocycles. The minimum absolute atomic E-state index is 0.126. The molecule has 1 aromatic rings. The third-order valence-corrected chi connectivity index (χ3v) is 3.30. The third-order valence-electron chi connectivity index (χ3n) is 3.30. The monoisotopic (exact) mass is 265 g/mol. The van der Waals surface area contributed by atoms with Crippen LogP contribution < -0.4 is 5.32 Å². The van der Waals surface area contributed by atoms with E-state index in [4.69, 9.17) is 4.52 Å². The number of nitrogens with one attached hydrogen (secondary N) is 1. The minimum atomic E-state index is -0.478. The number of nitrogens with zero attached hydrogens (tertiary/aromatic N) is 2. The summed E-state index contributed by atoms with van der Waals surface area (Å²) < 4.78 is 5.13. The van der Waals surface area contributed by atoms with Gasteiger partial charge in [0.1, 0.15) is 11.8 Å². The molecule has 0 saturated carbocycles. The Morgan fingerprint density at radius 3 is 2.95 bits per heavy atom. The topological polar surface area (TPSA) is 75.4 Å². The van der Waals surface area contributed by atoms with Crippen LogP contribution in [0, 0.1) is 0 Å². The number of carbonyl (C=O) groups excluding carboxylic acids is 2. The van der Waals surface area contributed by atoms with E-state index in [0.29, 0.717) is 18.8 Å². The average Bonchev–Trinajstić information content (AvgIpc) is 2.80. The van der Waals surface area contributed by atoms with Crippen LogP contribution in [0.25, 0.3) is 0 Å². The summed E-state index contributed by atoms with van der Waals surface area (Å²) in [5.41, 5.74) is 0.269. The first-order chi connectivity index (χ1) is 9.00. The predicted octanol–water partition coefficient (Wildman–Crippen LogP) is 1.15. The second-order valence-electron chi connectivity index (χ2n) is 5.09. The summed E-state index contributed by atoms with van der Waals surface area (Å²) in [6, 6.07) is 1.18. The molecule has 2 amide bonds. The number of rotatable bonds is 2. The van der Waals surface area contributed by atoms with Crippen LogP contribution in [0.2, 0.25) is 0 Å². The summed E-state index contributed by atoms with van der Waals surface area (Å²) in [6.45, 7) is 6.81. The quantitative estimate of drug-likeness (QED) is 0.870. The highest BCUT2D eigenvalue weighted by Gasteiger charge is 2.30. The molecule has 6 heteroatoms. The van der Waals surface area contributed by atoms with E-state index in [0.717, 1.165) is 6.42 Å². The van der Waals surface area contributed by atoms with Crippen molar-refractivity contribution in [3.63, 3.8) is 0 Å². The highest BCUT2D eigenvalue weighted by Crippen LogP contribution is 2.17. The van der Waals surface area contributed by atoms with Crippen molar-refractivity contribution in [2.75, 3.05) is 13.1 Å². The number of amides is 2. The van der Waals surface area contributed by atoms with E-state index in [-0.39, 0.29) is 23.4 Å². The molecule has 0 bridgehead atoms. The standard InChI is InChI=1S/C13H19N3O3/c1-8(2)11-7-10(15-19-11)13(18)16-6-4-5-14-12(17)9(16)3/h7-9H,4-6H2,1-3H3,(H,14,17). The zero-order valence-corrected chi connectivity index (χ0v) is 11.5. The van der Waals surface area contributed by atoms with Crippen molar-refractivity contribution in [1.29, 1.82) is 0 Å². The zero-order valence-electron chi connectivity index (χ0n) is 11.5. The van der Waals surface area contributed by atoms with Crippen LogP contribution in [0.3, 0.4) is 0 Å². The van der Waals surface area contributed by atoms with Gasteiger partial charge in [0.15, 0.2) is 5.69 Å². The van der Waals surface area contributed by atoms with Gasteiger partial charge in [0, 0.05) is 25.1 Å². The van der Waals surface area contributed by atoms with Gasteiger partial charge in [-0.25, -0.2) is 0 Å². The Balaban J connectivity index is 2.19. The molecule has 0 spiro atoms. The van der Waals surface area contributed by atoms with Crippen LogP contribution in [0.5, 0.6) is 0 Å². The van der Waals surface area contributed by atoms with Crippen molar-refractivity contribution in [2.45, 2.75) is 39.2 Å². The number of hydrogen-bond donors (Lipinski definition) is 1. The first-order valence-electron chi connectivity index (χ1n) is 6.56. The molecule has 1 aromatic heterocycles. The molecule has 1 fully saturated rings. The third kappa shape index (κ3) is 2.77. The van der Waals surface area contributed by atoms with E-state index in [2.05, 4.69) is 10.5 Å². The molecule has 1 unspecified atom stereocenters. The maximum atomic E-state index is 12.4. The molecule has 1 atom stereocenters. The maximum absolute atomic E-state index is 12.4. The van der Waals surface area contributed by atoms with Gasteiger partial charge < -0.3 is 14.7 Å². The summed E-state index contributed by atoms with van der Waals surface area (Å²) in [7, 11) is 0. The van der Waals surface area contributed by atoms with Crippen molar-refractivity contribution < 1.29 is 14.1 Å². The van der Waals surface area contributed by atoms with Gasteiger partial charge in [-0.3, -0.25) is 9.59 Å². The Kier molecular flexibility index (Phi) is 3.87. The summed E-state index contributed by atoms with van der Waals surface area (Å²) in [5, 5.41) is 6.58. The molecule has 104 valence electrons. The van der Waals surface area contributed by atoms with Crippen molar-refractivity contribution in [3.05, 3.63) is 17.5 Å². The molecule has 1 aliphatic rings. The van der Waals surface area contributed by atoms with Crippen molar-refractivity contribution >= 4 is 11.8 Å². The average molecular weight is 265 g/mol. The SMILES string of the molecule is CC(C)c1cc(C(=O)N2CCCNC(=O)C2C)no1. The normalized spacial score (nSPS) is 20.3. The summed E-state index contributed by atoms with van der Waals surface area (Å²) in [6.07, 6.45) is 0.747. The van der Waals surface area contributed by atoms with Crippen LogP contribution in [-0.4, -0.2) is 41.0 Å². The Hall–Kier alpha value is -1.85. The van der Waals surface area contributed by atoms with E-state index >= 15 is 0 Å². The van der Waals surface area contributed by atoms with Crippen LogP contribution in [0.4, 0.5) is 0 Å². The van der Waals surface area contributed by atoms with Crippen molar-refractivity contribution in [2.24, 2.45) is 0 Å². The Morgan fingerprint density at radius 1 is 1.58 bits per heavy atom. The molecule has 1 saturated heterocycles. The van der Waals surface area contributed by atoms with Gasteiger partial charge in [-0.05, 0) is 13.3 Å². The van der Waals surface area contributed by atoms with Gasteiger partial charge >= 0.3 is 0 Å². The highest BCUT2D eigenvalue weighted by atomic mass is 16.5. The Bertz CT molecular complexity index is 481. The maximum Gasteiger partial charge on any atom is 0.276 e. The molecular formula is C13H19N3O3. The number of carbonyl (C=O) groups is 2. The molecule has 0 radical (unpaired) electrons. The molecule has 1 N–H and O–H groups in total. The highest BCUT2D eigenvalue weighted by molar-refractivity contribution is 5.96. The first-order valence-corrected chi connectivity index (χ1v) is 6.56. The lowest BCUT2D eigenvalue weighted by molar-refractivity contribution is -0.124. The molecular weight excluding hydrogens is 246 g/mol. The van der Waals surface area contributed by atoms with Crippen LogP contribution in [-0.2, 0) is 4.79 Å². The van der Waals surface area contributed by atoms with Crippen LogP contribution >= 0.6 is 0 Å². The molecule has 6 nitrogen and oxygen atoms in total. The molecule has 2 rings (SSSR count). The predicted molar refractivity (Wildman–Crippen MR) is 68.7 cm³/mol. The largest absolute Gasteiger partial charge is 0.360 e. The second-order valence-corrected chi connectivity index (χ2v) is 5.09. The zero-order chi connectivity index (χ0) is 14.0. The fourth-order valence-electron chi connectivity index (χ4n) is 2.03. The summed E-state index contributed by atoms with van der Waals surface area (Å²) in [5.74, 6) is 0.479. The lowest BCUT2D eigenvalue weighted by Gasteiger charge is -2.24. The van der Waals surface area contributed by atoms with E-state index in [1.54, 1.807) is 17.9 Å². The van der Waals surface area contributed by atoms with E-state index in [9.17, 15) is 9.59 Å². The second kappa shape index (κ2) is 5.42. The summed E-state index contributed by atoms with van der Waals surface area (Å²) in [4.78, 5) is 25.6. The van der Waals surface area contributed by atoms with Crippen molar-refractivity contribution in [3.8, 4) is 0 Å².